The number of anilines is 1. The molecule has 168 valence electrons. The normalized spacial score (nSPS) is 15.1. The van der Waals surface area contributed by atoms with Crippen LogP contribution in [0, 0.1) is 20.8 Å². The molecule has 2 aromatic rings. The van der Waals surface area contributed by atoms with Crippen LogP contribution in [0.15, 0.2) is 27.5 Å². The molecular formula is C20H24ClN3O5S2. The van der Waals surface area contributed by atoms with Crippen LogP contribution in [0.4, 0.5) is 5.69 Å². The number of piperazine rings is 1. The average Bonchev–Trinajstić information content (AvgIpc) is 3.05. The molecule has 0 radical (unpaired) electrons. The van der Waals surface area contributed by atoms with Crippen LogP contribution >= 0.6 is 23.8 Å². The number of thiocarbonyl (C=S) groups is 1. The van der Waals surface area contributed by atoms with Crippen LogP contribution in [0.1, 0.15) is 27.4 Å². The molecule has 1 N–H and O–H groups in total. The molecule has 11 heteroatoms. The lowest BCUT2D eigenvalue weighted by Crippen LogP contribution is -2.51. The molecule has 2 heterocycles. The Bertz CT molecular complexity index is 1120. The molecule has 3 rings (SSSR count). The van der Waals surface area contributed by atoms with Gasteiger partial charge < -0.3 is 19.4 Å². The van der Waals surface area contributed by atoms with E-state index in [1.54, 1.807) is 6.07 Å². The number of aryl methyl sites for hydroxylation is 2. The first kappa shape index (κ1) is 23.5. The number of ether oxygens (including phenoxy) is 1. The summed E-state index contributed by atoms with van der Waals surface area (Å²) < 4.78 is 38.1. The molecule has 1 aliphatic heterocycles. The Morgan fingerprint density at radius 1 is 1.16 bits per heavy atom. The Hall–Kier alpha value is -2.14. The number of halogens is 1. The summed E-state index contributed by atoms with van der Waals surface area (Å²) in [5.41, 5.74) is 1.63. The molecule has 1 fully saturated rings. The number of esters is 1. The second kappa shape index (κ2) is 9.15. The van der Waals surface area contributed by atoms with Gasteiger partial charge in [0.05, 0.1) is 7.11 Å². The molecule has 0 atom stereocenters. The molecule has 8 nitrogen and oxygen atoms in total. The zero-order valence-electron chi connectivity index (χ0n) is 17.7. The van der Waals surface area contributed by atoms with Gasteiger partial charge in [-0.25, -0.2) is 13.2 Å². The monoisotopic (exact) mass is 485 g/mol. The zero-order valence-corrected chi connectivity index (χ0v) is 20.1. The molecule has 1 aromatic heterocycles. The summed E-state index contributed by atoms with van der Waals surface area (Å²) in [6, 6.07) is 5.52. The highest BCUT2D eigenvalue weighted by atomic mass is 35.5. The van der Waals surface area contributed by atoms with E-state index in [0.717, 1.165) is 11.3 Å². The number of methoxy groups -OCH3 is 1. The molecule has 0 spiro atoms. The van der Waals surface area contributed by atoms with Crippen LogP contribution in [0.3, 0.4) is 0 Å². The highest BCUT2D eigenvalue weighted by Gasteiger charge is 2.37. The van der Waals surface area contributed by atoms with Crippen LogP contribution in [0.25, 0.3) is 0 Å². The maximum absolute atomic E-state index is 13.3. The van der Waals surface area contributed by atoms with Crippen LogP contribution in [0.5, 0.6) is 0 Å². The first-order valence-corrected chi connectivity index (χ1v) is 11.8. The lowest BCUT2D eigenvalue weighted by molar-refractivity contribution is 0.0594. The lowest BCUT2D eigenvalue weighted by Gasteiger charge is -2.35. The van der Waals surface area contributed by atoms with E-state index in [4.69, 9.17) is 33.0 Å². The highest BCUT2D eigenvalue weighted by molar-refractivity contribution is 7.89. The van der Waals surface area contributed by atoms with Crippen LogP contribution in [-0.4, -0.2) is 62.0 Å². The van der Waals surface area contributed by atoms with Crippen molar-refractivity contribution in [1.29, 1.82) is 0 Å². The molecule has 0 amide bonds. The highest BCUT2D eigenvalue weighted by Crippen LogP contribution is 2.30. The summed E-state index contributed by atoms with van der Waals surface area (Å²) in [6.45, 7) is 6.17. The number of nitrogens with one attached hydrogen (secondary N) is 1. The maximum Gasteiger partial charge on any atom is 0.342 e. The van der Waals surface area contributed by atoms with Crippen molar-refractivity contribution < 1.29 is 22.4 Å². The van der Waals surface area contributed by atoms with E-state index in [1.807, 2.05) is 24.0 Å². The number of furan rings is 1. The van der Waals surface area contributed by atoms with E-state index in [-0.39, 0.29) is 35.1 Å². The van der Waals surface area contributed by atoms with Crippen molar-refractivity contribution in [3.63, 3.8) is 0 Å². The van der Waals surface area contributed by atoms with Gasteiger partial charge in [0.25, 0.3) is 0 Å². The van der Waals surface area contributed by atoms with Crippen molar-refractivity contribution in [3.05, 3.63) is 45.9 Å². The average molecular weight is 486 g/mol. The minimum atomic E-state index is -3.95. The standard InChI is InChI=1S/C20H24ClN3O5S2/c1-12-15(21)6-5-7-16(12)22-20(30)23-8-10-24(11-9-23)31(26,27)18-14(3)29-13(2)17(18)19(25)28-4/h5-7H,8-11H2,1-4H3,(H,22,30). The fourth-order valence-corrected chi connectivity index (χ4v) is 5.77. The maximum atomic E-state index is 13.3. The molecule has 0 saturated carbocycles. The van der Waals surface area contributed by atoms with E-state index in [9.17, 15) is 13.2 Å². The Morgan fingerprint density at radius 2 is 1.81 bits per heavy atom. The molecule has 0 aliphatic carbocycles. The van der Waals surface area contributed by atoms with Gasteiger partial charge in [-0.15, -0.1) is 0 Å². The van der Waals surface area contributed by atoms with E-state index in [2.05, 4.69) is 5.32 Å². The lowest BCUT2D eigenvalue weighted by atomic mass is 10.2. The predicted molar refractivity (Wildman–Crippen MR) is 122 cm³/mol. The third-order valence-corrected chi connectivity index (χ3v) is 8.05. The second-order valence-electron chi connectivity index (χ2n) is 7.14. The summed E-state index contributed by atoms with van der Waals surface area (Å²) in [7, 11) is -2.74. The smallest absolute Gasteiger partial charge is 0.342 e. The minimum Gasteiger partial charge on any atom is -0.465 e. The number of carbonyl (C=O) groups excluding carboxylic acids is 1. The molecule has 31 heavy (non-hydrogen) atoms. The third kappa shape index (κ3) is 4.57. The Labute approximate surface area is 192 Å². The summed E-state index contributed by atoms with van der Waals surface area (Å²) in [5, 5.41) is 4.31. The molecular weight excluding hydrogens is 462 g/mol. The first-order valence-electron chi connectivity index (χ1n) is 9.57. The van der Waals surface area contributed by atoms with Gasteiger partial charge in [0.15, 0.2) is 5.11 Å². The largest absolute Gasteiger partial charge is 0.465 e. The van der Waals surface area contributed by atoms with Gasteiger partial charge in [0, 0.05) is 36.9 Å². The van der Waals surface area contributed by atoms with Gasteiger partial charge in [-0.3, -0.25) is 0 Å². The van der Waals surface area contributed by atoms with Crippen LogP contribution in [0.2, 0.25) is 5.02 Å². The van der Waals surface area contributed by atoms with Crippen molar-refractivity contribution in [2.45, 2.75) is 25.7 Å². The number of carbonyl (C=O) groups is 1. The van der Waals surface area contributed by atoms with Gasteiger partial charge in [0.2, 0.25) is 10.0 Å². The SMILES string of the molecule is COC(=O)c1c(C)oc(C)c1S(=O)(=O)N1CCN(C(=S)Nc2cccc(Cl)c2C)CC1. The van der Waals surface area contributed by atoms with Gasteiger partial charge in [-0.2, -0.15) is 4.31 Å². The van der Waals surface area contributed by atoms with Crippen LogP contribution in [-0.2, 0) is 14.8 Å². The third-order valence-electron chi connectivity index (χ3n) is 5.23. The van der Waals surface area contributed by atoms with Gasteiger partial charge >= 0.3 is 5.97 Å². The van der Waals surface area contributed by atoms with E-state index < -0.39 is 16.0 Å². The van der Waals surface area contributed by atoms with Crippen molar-refractivity contribution >= 4 is 50.6 Å². The number of rotatable bonds is 4. The van der Waals surface area contributed by atoms with Gasteiger partial charge in [0.1, 0.15) is 22.0 Å². The summed E-state index contributed by atoms with van der Waals surface area (Å²) in [6.07, 6.45) is 0. The topological polar surface area (TPSA) is 92.1 Å². The molecule has 0 unspecified atom stereocenters. The number of hydrogen-bond acceptors (Lipinski definition) is 6. The fraction of sp³-hybridized carbons (Fsp3) is 0.400. The fourth-order valence-electron chi connectivity index (χ4n) is 3.51. The van der Waals surface area contributed by atoms with Crippen molar-refractivity contribution in [1.82, 2.24) is 9.21 Å². The van der Waals surface area contributed by atoms with Crippen molar-refractivity contribution in [2.75, 3.05) is 38.6 Å². The van der Waals surface area contributed by atoms with E-state index in [1.165, 1.54) is 25.3 Å². The Kier molecular flexibility index (Phi) is 6.95. The zero-order chi connectivity index (χ0) is 22.9. The molecule has 1 saturated heterocycles. The van der Waals surface area contributed by atoms with Crippen molar-refractivity contribution in [2.24, 2.45) is 0 Å². The van der Waals surface area contributed by atoms with E-state index >= 15 is 0 Å². The second-order valence-corrected chi connectivity index (χ2v) is 9.81. The molecule has 1 aromatic carbocycles. The van der Waals surface area contributed by atoms with Crippen LogP contribution < -0.4 is 5.32 Å². The Balaban J connectivity index is 1.74. The number of benzene rings is 1. The molecule has 0 bridgehead atoms. The van der Waals surface area contributed by atoms with Crippen molar-refractivity contribution in [3.8, 4) is 0 Å². The first-order chi connectivity index (χ1) is 14.6. The Morgan fingerprint density at radius 3 is 2.42 bits per heavy atom. The number of sulfonamides is 1. The summed E-state index contributed by atoms with van der Waals surface area (Å²) in [4.78, 5) is 13.9. The summed E-state index contributed by atoms with van der Waals surface area (Å²) >= 11 is 11.7. The summed E-state index contributed by atoms with van der Waals surface area (Å²) in [5.74, 6) is -0.369. The number of nitrogens with zero attached hydrogens (tertiary/aromatic N) is 2. The quantitative estimate of drug-likeness (QED) is 0.520. The number of hydrogen-bond donors (Lipinski definition) is 1. The predicted octanol–water partition coefficient (Wildman–Crippen LogP) is 3.35. The minimum absolute atomic E-state index is 0.0592. The van der Waals surface area contributed by atoms with Gasteiger partial charge in [-0.1, -0.05) is 17.7 Å². The van der Waals surface area contributed by atoms with E-state index in [0.29, 0.717) is 23.2 Å². The molecule has 1 aliphatic rings. The van der Waals surface area contributed by atoms with Gasteiger partial charge in [-0.05, 0) is 50.7 Å².